The molecular weight excluding hydrogens is 312 g/mol. The second-order valence-electron chi connectivity index (χ2n) is 5.83. The zero-order chi connectivity index (χ0) is 16.7. The summed E-state index contributed by atoms with van der Waals surface area (Å²) in [4.78, 5) is 25.3. The van der Waals surface area contributed by atoms with Crippen molar-refractivity contribution in [3.63, 3.8) is 0 Å². The van der Waals surface area contributed by atoms with Gasteiger partial charge in [0.05, 0.1) is 6.61 Å². The van der Waals surface area contributed by atoms with E-state index in [2.05, 4.69) is 22.3 Å². The maximum Gasteiger partial charge on any atom is 0.330 e. The average Bonchev–Trinajstić information content (AvgIpc) is 2.56. The van der Waals surface area contributed by atoms with Gasteiger partial charge in [-0.05, 0) is 38.4 Å². The molecule has 0 aromatic heterocycles. The van der Waals surface area contributed by atoms with Gasteiger partial charge in [0.25, 0.3) is 0 Å². The molecule has 6 heteroatoms. The Bertz CT molecular complexity index is 516. The first-order valence-electron chi connectivity index (χ1n) is 7.94. The molecule has 1 fully saturated rings. The first-order valence-corrected chi connectivity index (χ1v) is 8.39. The number of nitrogens with one attached hydrogen (secondary N) is 1. The third-order valence-electron chi connectivity index (χ3n) is 4.27. The van der Waals surface area contributed by atoms with Gasteiger partial charge in [-0.2, -0.15) is 12.6 Å². The molecule has 0 aliphatic carbocycles. The van der Waals surface area contributed by atoms with Gasteiger partial charge in [0.1, 0.15) is 6.04 Å². The molecule has 0 unspecified atom stereocenters. The van der Waals surface area contributed by atoms with Crippen LogP contribution in [0, 0.1) is 0 Å². The summed E-state index contributed by atoms with van der Waals surface area (Å²) in [5.74, 6) is -0.411. The highest BCUT2D eigenvalue weighted by Gasteiger charge is 2.43. The van der Waals surface area contributed by atoms with E-state index < -0.39 is 16.8 Å². The van der Waals surface area contributed by atoms with E-state index in [-0.39, 0.29) is 0 Å². The van der Waals surface area contributed by atoms with Crippen molar-refractivity contribution in [2.24, 2.45) is 0 Å². The molecule has 1 atom stereocenters. The Kier molecular flexibility index (Phi) is 6.47. The van der Waals surface area contributed by atoms with Crippen molar-refractivity contribution in [3.05, 3.63) is 35.9 Å². The molecular formula is C17H24N2O3S. The predicted octanol–water partition coefficient (Wildman–Crippen LogP) is 1.63. The molecule has 1 aromatic carbocycles. The molecule has 0 spiro atoms. The Labute approximate surface area is 142 Å². The maximum atomic E-state index is 12.1. The molecule has 5 nitrogen and oxygen atoms in total. The van der Waals surface area contributed by atoms with Crippen LogP contribution in [0.3, 0.4) is 0 Å². The van der Waals surface area contributed by atoms with Crippen molar-refractivity contribution in [2.45, 2.75) is 37.1 Å². The number of carbonyl (C=O) groups excluding carboxylic acids is 2. The molecule has 1 N–H and O–H groups in total. The van der Waals surface area contributed by atoms with Crippen LogP contribution in [0.2, 0.25) is 0 Å². The number of likely N-dealkylation sites (tertiary alicyclic amines) is 1. The molecule has 0 radical (unpaired) electrons. The number of amides is 1. The highest BCUT2D eigenvalue weighted by molar-refractivity contribution is 7.82. The summed E-state index contributed by atoms with van der Waals surface area (Å²) in [6, 6.07) is 9.59. The molecule has 0 saturated carbocycles. The van der Waals surface area contributed by atoms with Gasteiger partial charge in [0.2, 0.25) is 6.41 Å². The van der Waals surface area contributed by atoms with Crippen LogP contribution >= 0.6 is 12.6 Å². The minimum atomic E-state index is -0.706. The zero-order valence-electron chi connectivity index (χ0n) is 13.4. The van der Waals surface area contributed by atoms with E-state index in [0.717, 1.165) is 19.6 Å². The van der Waals surface area contributed by atoms with E-state index in [1.54, 1.807) is 6.92 Å². The SMILES string of the molecule is CCOC(=O)[C@H](NC=O)C1(S)CCN(Cc2ccccc2)CC1. The van der Waals surface area contributed by atoms with Crippen molar-refractivity contribution in [1.82, 2.24) is 10.2 Å². The van der Waals surface area contributed by atoms with Crippen molar-refractivity contribution >= 4 is 25.0 Å². The second kappa shape index (κ2) is 8.36. The number of esters is 1. The van der Waals surface area contributed by atoms with Gasteiger partial charge in [-0.25, -0.2) is 4.79 Å². The number of carbonyl (C=O) groups is 2. The topological polar surface area (TPSA) is 58.6 Å². The second-order valence-corrected chi connectivity index (χ2v) is 6.73. The zero-order valence-corrected chi connectivity index (χ0v) is 14.3. The summed E-state index contributed by atoms with van der Waals surface area (Å²) in [7, 11) is 0. The molecule has 1 amide bonds. The van der Waals surface area contributed by atoms with Crippen LogP contribution in [0.25, 0.3) is 0 Å². The number of hydrogen-bond acceptors (Lipinski definition) is 5. The smallest absolute Gasteiger partial charge is 0.330 e. The molecule has 1 aromatic rings. The van der Waals surface area contributed by atoms with E-state index in [4.69, 9.17) is 17.4 Å². The van der Waals surface area contributed by atoms with Crippen LogP contribution in [0.1, 0.15) is 25.3 Å². The van der Waals surface area contributed by atoms with Gasteiger partial charge in [0.15, 0.2) is 0 Å². The van der Waals surface area contributed by atoms with Crippen molar-refractivity contribution in [1.29, 1.82) is 0 Å². The van der Waals surface area contributed by atoms with Crippen LogP contribution in [0.4, 0.5) is 0 Å². The summed E-state index contributed by atoms with van der Waals surface area (Å²) >= 11 is 4.73. The summed E-state index contributed by atoms with van der Waals surface area (Å²) in [5, 5.41) is 2.59. The molecule has 1 aliphatic rings. The van der Waals surface area contributed by atoms with Gasteiger partial charge >= 0.3 is 5.97 Å². The molecule has 126 valence electrons. The molecule has 23 heavy (non-hydrogen) atoms. The minimum absolute atomic E-state index is 0.292. The average molecular weight is 336 g/mol. The van der Waals surface area contributed by atoms with Gasteiger partial charge < -0.3 is 10.1 Å². The van der Waals surface area contributed by atoms with Crippen LogP contribution in [-0.4, -0.2) is 47.8 Å². The lowest BCUT2D eigenvalue weighted by Gasteiger charge is -2.42. The number of rotatable bonds is 7. The summed E-state index contributed by atoms with van der Waals surface area (Å²) in [5.41, 5.74) is 1.27. The van der Waals surface area contributed by atoms with Crippen molar-refractivity contribution in [3.8, 4) is 0 Å². The van der Waals surface area contributed by atoms with E-state index in [1.165, 1.54) is 5.56 Å². The lowest BCUT2D eigenvalue weighted by molar-refractivity contribution is -0.147. The Morgan fingerprint density at radius 1 is 1.39 bits per heavy atom. The summed E-state index contributed by atoms with van der Waals surface area (Å²) < 4.78 is 4.51. The van der Waals surface area contributed by atoms with Crippen molar-refractivity contribution < 1.29 is 14.3 Å². The third-order valence-corrected chi connectivity index (χ3v) is 4.97. The molecule has 1 heterocycles. The molecule has 0 bridgehead atoms. The number of piperidine rings is 1. The fraction of sp³-hybridized carbons (Fsp3) is 0.529. The van der Waals surface area contributed by atoms with Gasteiger partial charge in [-0.15, -0.1) is 0 Å². The summed E-state index contributed by atoms with van der Waals surface area (Å²) in [6.07, 6.45) is 1.98. The van der Waals surface area contributed by atoms with Crippen molar-refractivity contribution in [2.75, 3.05) is 19.7 Å². The highest BCUT2D eigenvalue weighted by atomic mass is 32.1. The monoisotopic (exact) mass is 336 g/mol. The molecule has 2 rings (SSSR count). The number of ether oxygens (including phenoxy) is 1. The van der Waals surface area contributed by atoms with E-state index >= 15 is 0 Å². The standard InChI is InChI=1S/C17H24N2O3S/c1-2-22-16(21)15(18-13-20)17(23)8-10-19(11-9-17)12-14-6-4-3-5-7-14/h3-7,13,15,23H,2,8-12H2,1H3,(H,18,20)/t15-/m0/s1. The number of hydrogen-bond donors (Lipinski definition) is 2. The fourth-order valence-corrected chi connectivity index (χ4v) is 3.34. The third kappa shape index (κ3) is 4.72. The predicted molar refractivity (Wildman–Crippen MR) is 92.3 cm³/mol. The Morgan fingerprint density at radius 3 is 2.61 bits per heavy atom. The number of nitrogens with zero attached hydrogens (tertiary/aromatic N) is 1. The fourth-order valence-electron chi connectivity index (χ4n) is 2.96. The molecule has 1 saturated heterocycles. The van der Waals surface area contributed by atoms with Crippen LogP contribution in [0.5, 0.6) is 0 Å². The molecule has 1 aliphatic heterocycles. The number of thiol groups is 1. The van der Waals surface area contributed by atoms with E-state index in [1.807, 2.05) is 18.2 Å². The van der Waals surface area contributed by atoms with Crippen LogP contribution in [0.15, 0.2) is 30.3 Å². The van der Waals surface area contributed by atoms with Crippen LogP contribution in [-0.2, 0) is 20.9 Å². The Morgan fingerprint density at radius 2 is 2.04 bits per heavy atom. The first-order chi connectivity index (χ1) is 11.1. The van der Waals surface area contributed by atoms with Crippen LogP contribution < -0.4 is 5.32 Å². The highest BCUT2D eigenvalue weighted by Crippen LogP contribution is 2.33. The number of benzene rings is 1. The van der Waals surface area contributed by atoms with E-state index in [9.17, 15) is 9.59 Å². The summed E-state index contributed by atoms with van der Waals surface area (Å²) in [6.45, 7) is 4.59. The lowest BCUT2D eigenvalue weighted by Crippen LogP contribution is -2.57. The first kappa shape index (κ1) is 17.8. The van der Waals surface area contributed by atoms with Gasteiger partial charge in [-0.1, -0.05) is 30.3 Å². The lowest BCUT2D eigenvalue weighted by atomic mass is 9.88. The Balaban J connectivity index is 1.96. The largest absolute Gasteiger partial charge is 0.464 e. The van der Waals surface area contributed by atoms with Gasteiger partial charge in [0, 0.05) is 11.3 Å². The Hall–Kier alpha value is -1.53. The quantitative estimate of drug-likeness (QED) is 0.451. The normalized spacial score (nSPS) is 18.9. The minimum Gasteiger partial charge on any atom is -0.464 e. The van der Waals surface area contributed by atoms with Gasteiger partial charge in [-0.3, -0.25) is 9.69 Å². The maximum absolute atomic E-state index is 12.1. The van der Waals surface area contributed by atoms with E-state index in [0.29, 0.717) is 25.9 Å².